The van der Waals surface area contributed by atoms with Gasteiger partial charge in [0.25, 0.3) is 5.91 Å². The van der Waals surface area contributed by atoms with Gasteiger partial charge in [0, 0.05) is 21.9 Å². The van der Waals surface area contributed by atoms with Crippen LogP contribution in [0.4, 0.5) is 0 Å². The van der Waals surface area contributed by atoms with Crippen molar-refractivity contribution in [3.05, 3.63) is 34.4 Å². The molecule has 140 valence electrons. The van der Waals surface area contributed by atoms with E-state index in [4.69, 9.17) is 0 Å². The molecule has 1 aliphatic heterocycles. The summed E-state index contributed by atoms with van der Waals surface area (Å²) in [6.07, 6.45) is 0.563. The van der Waals surface area contributed by atoms with E-state index in [-0.39, 0.29) is 29.2 Å². The van der Waals surface area contributed by atoms with Crippen LogP contribution in [-0.2, 0) is 14.6 Å². The summed E-state index contributed by atoms with van der Waals surface area (Å²) in [5.74, 6) is -0.474. The average Bonchev–Trinajstić information content (AvgIpc) is 3.14. The number of sulfone groups is 1. The molecule has 2 atom stereocenters. The molecule has 26 heavy (non-hydrogen) atoms. The van der Waals surface area contributed by atoms with Crippen molar-refractivity contribution in [2.24, 2.45) is 5.92 Å². The van der Waals surface area contributed by atoms with E-state index < -0.39 is 15.9 Å². The number of hydrogen-bond donors (Lipinski definition) is 3. The summed E-state index contributed by atoms with van der Waals surface area (Å²) in [6.45, 7) is 1.90. The maximum Gasteiger partial charge on any atom is 0.268 e. The average molecular weight is 442 g/mol. The van der Waals surface area contributed by atoms with Crippen molar-refractivity contribution in [2.45, 2.75) is 19.4 Å². The van der Waals surface area contributed by atoms with E-state index in [0.29, 0.717) is 18.7 Å². The summed E-state index contributed by atoms with van der Waals surface area (Å²) in [5, 5.41) is 6.26. The molecule has 1 fully saturated rings. The maximum atomic E-state index is 12.3. The molecule has 0 bridgehead atoms. The van der Waals surface area contributed by atoms with Crippen molar-refractivity contribution in [3.8, 4) is 0 Å². The molecule has 3 rings (SSSR count). The third kappa shape index (κ3) is 4.45. The molecule has 9 heteroatoms. The number of fused-ring (bicyclic) bond motifs is 1. The van der Waals surface area contributed by atoms with Crippen molar-refractivity contribution in [1.29, 1.82) is 0 Å². The molecule has 0 aliphatic carbocycles. The summed E-state index contributed by atoms with van der Waals surface area (Å²) in [7, 11) is -2.96. The second kappa shape index (κ2) is 7.40. The van der Waals surface area contributed by atoms with Crippen molar-refractivity contribution in [3.63, 3.8) is 0 Å². The van der Waals surface area contributed by atoms with Crippen LogP contribution in [0.15, 0.2) is 28.7 Å². The van der Waals surface area contributed by atoms with Gasteiger partial charge in [0.05, 0.1) is 11.5 Å². The lowest BCUT2D eigenvalue weighted by molar-refractivity contribution is -0.122. The molecule has 1 aromatic carbocycles. The van der Waals surface area contributed by atoms with Gasteiger partial charge in [-0.05, 0) is 43.5 Å². The van der Waals surface area contributed by atoms with Crippen LogP contribution in [0.5, 0.6) is 0 Å². The normalized spacial score (nSPS) is 20.0. The van der Waals surface area contributed by atoms with E-state index in [0.717, 1.165) is 15.4 Å². The smallest absolute Gasteiger partial charge is 0.268 e. The minimum atomic E-state index is -2.96. The van der Waals surface area contributed by atoms with E-state index in [9.17, 15) is 18.0 Å². The van der Waals surface area contributed by atoms with Crippen LogP contribution in [0, 0.1) is 5.92 Å². The summed E-state index contributed by atoms with van der Waals surface area (Å²) in [4.78, 5) is 27.5. The molecule has 7 nitrogen and oxygen atoms in total. The highest BCUT2D eigenvalue weighted by atomic mass is 79.9. The number of amides is 2. The topological polar surface area (TPSA) is 108 Å². The lowest BCUT2D eigenvalue weighted by Crippen LogP contribution is -2.46. The Bertz CT molecular complexity index is 954. The molecule has 0 saturated carbocycles. The highest BCUT2D eigenvalue weighted by molar-refractivity contribution is 9.10. The Morgan fingerprint density at radius 3 is 2.81 bits per heavy atom. The van der Waals surface area contributed by atoms with Gasteiger partial charge >= 0.3 is 0 Å². The third-order valence-electron chi connectivity index (χ3n) is 4.46. The van der Waals surface area contributed by atoms with Crippen LogP contribution in [0.2, 0.25) is 0 Å². The second-order valence-corrected chi connectivity index (χ2v) is 9.77. The predicted octanol–water partition coefficient (Wildman–Crippen LogP) is 1.60. The number of hydrogen-bond acceptors (Lipinski definition) is 4. The van der Waals surface area contributed by atoms with E-state index in [1.54, 1.807) is 13.0 Å². The van der Waals surface area contributed by atoms with Crippen LogP contribution >= 0.6 is 15.9 Å². The molecular formula is C17H20BrN3O4S. The van der Waals surface area contributed by atoms with Gasteiger partial charge < -0.3 is 15.6 Å². The van der Waals surface area contributed by atoms with E-state index >= 15 is 0 Å². The van der Waals surface area contributed by atoms with E-state index in [2.05, 4.69) is 31.5 Å². The first-order valence-corrected chi connectivity index (χ1v) is 10.9. The van der Waals surface area contributed by atoms with Gasteiger partial charge in [0.15, 0.2) is 9.84 Å². The Kier molecular flexibility index (Phi) is 5.38. The Hall–Kier alpha value is -1.87. The van der Waals surface area contributed by atoms with Gasteiger partial charge in [-0.3, -0.25) is 9.59 Å². The number of H-pyrrole nitrogens is 1. The summed E-state index contributed by atoms with van der Waals surface area (Å²) in [6, 6.07) is 6.64. The van der Waals surface area contributed by atoms with Crippen LogP contribution in [0.1, 0.15) is 23.8 Å². The molecule has 1 aliphatic rings. The number of rotatable bonds is 5. The summed E-state index contributed by atoms with van der Waals surface area (Å²) in [5.41, 5.74) is 1.21. The second-order valence-electron chi connectivity index (χ2n) is 6.62. The molecular weight excluding hydrogens is 422 g/mol. The van der Waals surface area contributed by atoms with Crippen LogP contribution in [0.3, 0.4) is 0 Å². The minimum absolute atomic E-state index is 0.0565. The van der Waals surface area contributed by atoms with E-state index in [1.807, 2.05) is 18.2 Å². The van der Waals surface area contributed by atoms with Gasteiger partial charge in [0.2, 0.25) is 5.91 Å². The molecule has 2 unspecified atom stereocenters. The Morgan fingerprint density at radius 1 is 1.35 bits per heavy atom. The minimum Gasteiger partial charge on any atom is -0.354 e. The Labute approximate surface area is 160 Å². The fourth-order valence-electron chi connectivity index (χ4n) is 3.00. The van der Waals surface area contributed by atoms with Gasteiger partial charge in [-0.1, -0.05) is 15.9 Å². The van der Waals surface area contributed by atoms with E-state index in [1.165, 1.54) is 0 Å². The van der Waals surface area contributed by atoms with Crippen molar-refractivity contribution in [2.75, 3.05) is 18.1 Å². The van der Waals surface area contributed by atoms with Crippen LogP contribution < -0.4 is 10.6 Å². The molecule has 2 aromatic rings. The first-order chi connectivity index (χ1) is 12.2. The number of carbonyl (C=O) groups excluding carboxylic acids is 2. The SMILES string of the molecule is CC(NC(=O)c1cc2cc(Br)ccc2[nH]1)C(=O)NCC1CCS(=O)(=O)C1. The van der Waals surface area contributed by atoms with Crippen molar-refractivity contribution >= 4 is 48.5 Å². The fraction of sp³-hybridized carbons (Fsp3) is 0.412. The quantitative estimate of drug-likeness (QED) is 0.654. The maximum absolute atomic E-state index is 12.3. The first-order valence-electron chi connectivity index (χ1n) is 8.31. The predicted molar refractivity (Wildman–Crippen MR) is 103 cm³/mol. The number of benzene rings is 1. The van der Waals surface area contributed by atoms with Crippen molar-refractivity contribution in [1.82, 2.24) is 15.6 Å². The zero-order valence-corrected chi connectivity index (χ0v) is 16.6. The number of carbonyl (C=O) groups is 2. The molecule has 0 spiro atoms. The molecule has 3 N–H and O–H groups in total. The van der Waals surface area contributed by atoms with Crippen LogP contribution in [-0.4, -0.2) is 49.3 Å². The van der Waals surface area contributed by atoms with Gasteiger partial charge in [-0.25, -0.2) is 8.42 Å². The zero-order valence-electron chi connectivity index (χ0n) is 14.2. The number of aromatic amines is 1. The lowest BCUT2D eigenvalue weighted by atomic mass is 10.1. The molecule has 0 radical (unpaired) electrons. The molecule has 2 amide bonds. The number of halogens is 1. The number of nitrogens with one attached hydrogen (secondary N) is 3. The monoisotopic (exact) mass is 441 g/mol. The van der Waals surface area contributed by atoms with Gasteiger partial charge in [0.1, 0.15) is 11.7 Å². The standard InChI is InChI=1S/C17H20BrN3O4S/c1-10(16(22)19-8-11-4-5-26(24,25)9-11)20-17(23)15-7-12-6-13(18)2-3-14(12)21-15/h2-3,6-7,10-11,21H,4-5,8-9H2,1H3,(H,19,22)(H,20,23). The van der Waals surface area contributed by atoms with Gasteiger partial charge in [-0.15, -0.1) is 0 Å². The molecule has 1 saturated heterocycles. The zero-order chi connectivity index (χ0) is 18.9. The first kappa shape index (κ1) is 18.9. The van der Waals surface area contributed by atoms with Crippen LogP contribution in [0.25, 0.3) is 10.9 Å². The Morgan fingerprint density at radius 2 is 2.12 bits per heavy atom. The third-order valence-corrected chi connectivity index (χ3v) is 6.79. The Balaban J connectivity index is 1.55. The number of aromatic nitrogens is 1. The highest BCUT2D eigenvalue weighted by Gasteiger charge is 2.28. The highest BCUT2D eigenvalue weighted by Crippen LogP contribution is 2.20. The molecule has 1 aromatic heterocycles. The largest absolute Gasteiger partial charge is 0.354 e. The van der Waals surface area contributed by atoms with Crippen molar-refractivity contribution < 1.29 is 18.0 Å². The lowest BCUT2D eigenvalue weighted by Gasteiger charge is -2.15. The van der Waals surface area contributed by atoms with Gasteiger partial charge in [-0.2, -0.15) is 0 Å². The summed E-state index contributed by atoms with van der Waals surface area (Å²) < 4.78 is 23.8. The summed E-state index contributed by atoms with van der Waals surface area (Å²) >= 11 is 3.39. The molecule has 2 heterocycles. The fourth-order valence-corrected chi connectivity index (χ4v) is 5.24.